The first-order chi connectivity index (χ1) is 8.24. The summed E-state index contributed by atoms with van der Waals surface area (Å²) in [5.41, 5.74) is 1.04. The second-order valence-electron chi connectivity index (χ2n) is 4.00. The number of carbonyl (C=O) groups is 1. The van der Waals surface area contributed by atoms with E-state index in [4.69, 9.17) is 4.84 Å². The lowest BCUT2D eigenvalue weighted by molar-refractivity contribution is -0.122. The zero-order valence-corrected chi connectivity index (χ0v) is 11.4. The number of amides is 1. The van der Waals surface area contributed by atoms with Gasteiger partial charge in [0.2, 0.25) is 5.91 Å². The van der Waals surface area contributed by atoms with Crippen LogP contribution >= 0.6 is 0 Å². The summed E-state index contributed by atoms with van der Waals surface area (Å²) in [5, 5.41) is 6.85. The third kappa shape index (κ3) is 9.85. The fourth-order valence-electron chi connectivity index (χ4n) is 1.35. The number of unbranched alkanes of at least 4 members (excludes halogenated alkanes) is 2. The van der Waals surface area contributed by atoms with Crippen LogP contribution in [-0.2, 0) is 9.63 Å². The highest BCUT2D eigenvalue weighted by Crippen LogP contribution is 1.94. The highest BCUT2D eigenvalue weighted by atomic mass is 16.6. The average molecular weight is 242 g/mol. The summed E-state index contributed by atoms with van der Waals surface area (Å²) >= 11 is 0. The van der Waals surface area contributed by atoms with Crippen LogP contribution in [0.2, 0.25) is 0 Å². The Morgan fingerprint density at radius 1 is 1.18 bits per heavy atom. The topological polar surface area (TPSA) is 50.7 Å². The Morgan fingerprint density at radius 2 is 1.88 bits per heavy atom. The van der Waals surface area contributed by atoms with Gasteiger partial charge in [-0.1, -0.05) is 38.8 Å². The molecule has 4 nitrogen and oxygen atoms in total. The molecule has 0 spiro atoms. The highest BCUT2D eigenvalue weighted by molar-refractivity contribution is 5.83. The van der Waals surface area contributed by atoms with Crippen LogP contribution < -0.4 is 5.32 Å². The van der Waals surface area contributed by atoms with Crippen LogP contribution in [0.15, 0.2) is 5.16 Å². The van der Waals surface area contributed by atoms with Crippen LogP contribution in [0.4, 0.5) is 0 Å². The maximum Gasteiger partial charge on any atom is 0.223 e. The van der Waals surface area contributed by atoms with Crippen molar-refractivity contribution in [2.24, 2.45) is 5.16 Å². The van der Waals surface area contributed by atoms with Crippen LogP contribution in [0.25, 0.3) is 0 Å². The Hall–Kier alpha value is -1.06. The largest absolute Gasteiger partial charge is 0.395 e. The summed E-state index contributed by atoms with van der Waals surface area (Å²) < 4.78 is 0. The number of carbonyl (C=O) groups excluding carboxylic acids is 1. The molecule has 0 aromatic heterocycles. The zero-order valence-electron chi connectivity index (χ0n) is 11.4. The van der Waals surface area contributed by atoms with Crippen molar-refractivity contribution in [3.63, 3.8) is 0 Å². The van der Waals surface area contributed by atoms with E-state index in [0.29, 0.717) is 13.0 Å². The Morgan fingerprint density at radius 3 is 2.47 bits per heavy atom. The van der Waals surface area contributed by atoms with Crippen LogP contribution in [-0.4, -0.2) is 24.8 Å². The molecule has 0 aliphatic heterocycles. The fourth-order valence-corrected chi connectivity index (χ4v) is 1.35. The van der Waals surface area contributed by atoms with E-state index in [1.807, 2.05) is 13.8 Å². The summed E-state index contributed by atoms with van der Waals surface area (Å²) in [5.74, 6) is 0.0471. The normalized spacial score (nSPS) is 9.82. The number of oxime groups is 1. The Kier molecular flexibility index (Phi) is 10.7. The summed E-state index contributed by atoms with van der Waals surface area (Å²) in [6.45, 7) is 7.37. The van der Waals surface area contributed by atoms with E-state index in [0.717, 1.165) is 37.9 Å². The third-order valence-electron chi connectivity index (χ3n) is 2.53. The number of nitrogens with one attached hydrogen (secondary N) is 1. The number of hydrogen-bond donors (Lipinski definition) is 1. The molecule has 0 aliphatic carbocycles. The summed E-state index contributed by atoms with van der Waals surface area (Å²) in [6.07, 6.45) is 5.58. The van der Waals surface area contributed by atoms with Crippen LogP contribution in [0, 0.1) is 0 Å². The summed E-state index contributed by atoms with van der Waals surface area (Å²) in [6, 6.07) is 0. The number of rotatable bonds is 10. The molecule has 0 unspecified atom stereocenters. The van der Waals surface area contributed by atoms with Crippen molar-refractivity contribution >= 4 is 11.6 Å². The predicted octanol–water partition coefficient (Wildman–Crippen LogP) is 2.88. The van der Waals surface area contributed by atoms with Crippen LogP contribution in [0.1, 0.15) is 59.3 Å². The lowest BCUT2D eigenvalue weighted by Crippen LogP contribution is -2.25. The highest BCUT2D eigenvalue weighted by Gasteiger charge is 2.00. The molecule has 100 valence electrons. The maximum absolute atomic E-state index is 11.4. The standard InChI is InChI=1S/C13H26N2O2/c1-4-7-8-10-14-13(16)9-11-17-15-12(5-2)6-3/h4-11H2,1-3H3,(H,14,16). The van der Waals surface area contributed by atoms with Crippen molar-refractivity contribution in [2.45, 2.75) is 59.3 Å². The van der Waals surface area contributed by atoms with Gasteiger partial charge >= 0.3 is 0 Å². The molecule has 1 N–H and O–H groups in total. The van der Waals surface area contributed by atoms with E-state index >= 15 is 0 Å². The van der Waals surface area contributed by atoms with Crippen molar-refractivity contribution in [3.05, 3.63) is 0 Å². The molecular formula is C13H26N2O2. The first-order valence-corrected chi connectivity index (χ1v) is 6.68. The summed E-state index contributed by atoms with van der Waals surface area (Å²) in [7, 11) is 0. The Labute approximate surface area is 105 Å². The first kappa shape index (κ1) is 15.9. The van der Waals surface area contributed by atoms with Gasteiger partial charge < -0.3 is 10.2 Å². The van der Waals surface area contributed by atoms with Crippen molar-refractivity contribution in [3.8, 4) is 0 Å². The van der Waals surface area contributed by atoms with Gasteiger partial charge in [-0.25, -0.2) is 0 Å². The van der Waals surface area contributed by atoms with Gasteiger partial charge in [0, 0.05) is 6.54 Å². The molecule has 0 aliphatic rings. The Bertz CT molecular complexity index is 221. The molecule has 1 amide bonds. The van der Waals surface area contributed by atoms with E-state index in [-0.39, 0.29) is 5.91 Å². The first-order valence-electron chi connectivity index (χ1n) is 6.68. The SMILES string of the molecule is CCCCCNC(=O)CCON=C(CC)CC. The van der Waals surface area contributed by atoms with Crippen molar-refractivity contribution < 1.29 is 9.63 Å². The van der Waals surface area contributed by atoms with Gasteiger partial charge in [-0.15, -0.1) is 0 Å². The predicted molar refractivity (Wildman–Crippen MR) is 71.1 cm³/mol. The molecule has 0 rings (SSSR count). The van der Waals surface area contributed by atoms with Gasteiger partial charge in [-0.05, 0) is 19.3 Å². The second kappa shape index (κ2) is 11.4. The molecule has 0 saturated heterocycles. The minimum atomic E-state index is 0.0471. The quantitative estimate of drug-likeness (QED) is 0.364. The van der Waals surface area contributed by atoms with E-state index < -0.39 is 0 Å². The number of hydrogen-bond acceptors (Lipinski definition) is 3. The van der Waals surface area contributed by atoms with Crippen molar-refractivity contribution in [1.29, 1.82) is 0 Å². The molecule has 0 heterocycles. The molecule has 0 aromatic rings. The Balaban J connectivity index is 3.47. The lowest BCUT2D eigenvalue weighted by Gasteiger charge is -2.04. The molecule has 17 heavy (non-hydrogen) atoms. The second-order valence-corrected chi connectivity index (χ2v) is 4.00. The fraction of sp³-hybridized carbons (Fsp3) is 0.846. The molecule has 0 saturated carbocycles. The molecule has 0 radical (unpaired) electrons. The van der Waals surface area contributed by atoms with Gasteiger partial charge in [-0.2, -0.15) is 0 Å². The average Bonchev–Trinajstić information content (AvgIpc) is 2.35. The lowest BCUT2D eigenvalue weighted by atomic mass is 10.2. The van der Waals surface area contributed by atoms with Crippen LogP contribution in [0.5, 0.6) is 0 Å². The van der Waals surface area contributed by atoms with Gasteiger partial charge in [0.1, 0.15) is 6.61 Å². The smallest absolute Gasteiger partial charge is 0.223 e. The maximum atomic E-state index is 11.4. The molecule has 0 bridgehead atoms. The minimum Gasteiger partial charge on any atom is -0.395 e. The van der Waals surface area contributed by atoms with E-state index in [2.05, 4.69) is 17.4 Å². The van der Waals surface area contributed by atoms with Gasteiger partial charge in [0.15, 0.2) is 0 Å². The van der Waals surface area contributed by atoms with E-state index in [9.17, 15) is 4.79 Å². The zero-order chi connectivity index (χ0) is 12.9. The van der Waals surface area contributed by atoms with Crippen molar-refractivity contribution in [2.75, 3.05) is 13.2 Å². The van der Waals surface area contributed by atoms with E-state index in [1.54, 1.807) is 0 Å². The van der Waals surface area contributed by atoms with Gasteiger partial charge in [0.25, 0.3) is 0 Å². The van der Waals surface area contributed by atoms with Crippen molar-refractivity contribution in [1.82, 2.24) is 5.32 Å². The molecule has 0 atom stereocenters. The minimum absolute atomic E-state index is 0.0471. The van der Waals surface area contributed by atoms with Crippen LogP contribution in [0.3, 0.4) is 0 Å². The molecular weight excluding hydrogens is 216 g/mol. The molecule has 4 heteroatoms. The monoisotopic (exact) mass is 242 g/mol. The van der Waals surface area contributed by atoms with Gasteiger partial charge in [-0.3, -0.25) is 4.79 Å². The number of nitrogens with zero attached hydrogens (tertiary/aromatic N) is 1. The molecule has 0 aromatic carbocycles. The molecule has 0 fully saturated rings. The third-order valence-corrected chi connectivity index (χ3v) is 2.53. The van der Waals surface area contributed by atoms with E-state index in [1.165, 1.54) is 6.42 Å². The van der Waals surface area contributed by atoms with Gasteiger partial charge in [0.05, 0.1) is 12.1 Å². The summed E-state index contributed by atoms with van der Waals surface area (Å²) in [4.78, 5) is 16.5.